The first-order valence-corrected chi connectivity index (χ1v) is 4.43. The van der Waals surface area contributed by atoms with Crippen molar-refractivity contribution >= 4 is 17.5 Å². The van der Waals surface area contributed by atoms with E-state index in [1.54, 1.807) is 13.8 Å². The van der Waals surface area contributed by atoms with Crippen molar-refractivity contribution in [3.05, 3.63) is 17.3 Å². The highest BCUT2D eigenvalue weighted by molar-refractivity contribution is 6.29. The lowest BCUT2D eigenvalue weighted by atomic mass is 10.4. The van der Waals surface area contributed by atoms with Gasteiger partial charge in [-0.2, -0.15) is 0 Å². The summed E-state index contributed by atoms with van der Waals surface area (Å²) in [5.74, 6) is 0.128. The molecule has 0 saturated heterocycles. The largest absolute Gasteiger partial charge is 0.444 e. The van der Waals surface area contributed by atoms with Gasteiger partial charge < -0.3 is 9.73 Å². The van der Waals surface area contributed by atoms with E-state index >= 15 is 0 Å². The van der Waals surface area contributed by atoms with Crippen molar-refractivity contribution in [3.8, 4) is 0 Å². The van der Waals surface area contributed by atoms with Crippen LogP contribution >= 0.6 is 11.6 Å². The summed E-state index contributed by atoms with van der Waals surface area (Å²) in [7, 11) is 0. The lowest BCUT2D eigenvalue weighted by Crippen LogP contribution is -2.28. The summed E-state index contributed by atoms with van der Waals surface area (Å²) < 4.78 is 17.3. The van der Waals surface area contributed by atoms with E-state index in [0.717, 1.165) is 5.69 Å². The molecule has 0 aromatic carbocycles. The van der Waals surface area contributed by atoms with E-state index in [9.17, 15) is 9.18 Å². The van der Waals surface area contributed by atoms with Gasteiger partial charge >= 0.3 is 0 Å². The van der Waals surface area contributed by atoms with Gasteiger partial charge in [0.25, 0.3) is 11.5 Å². The van der Waals surface area contributed by atoms with E-state index in [1.165, 1.54) is 0 Å². The van der Waals surface area contributed by atoms with Crippen molar-refractivity contribution in [2.45, 2.75) is 26.0 Å². The van der Waals surface area contributed by atoms with Crippen LogP contribution in [0.1, 0.15) is 17.3 Å². The number of rotatable bonds is 3. The van der Waals surface area contributed by atoms with Gasteiger partial charge in [0.1, 0.15) is 5.76 Å². The molecular formula is C8H10ClFN2O2. The zero-order chi connectivity index (χ0) is 10.7. The fourth-order valence-corrected chi connectivity index (χ4v) is 0.932. The van der Waals surface area contributed by atoms with Gasteiger partial charge in [0.2, 0.25) is 5.89 Å². The summed E-state index contributed by atoms with van der Waals surface area (Å²) in [5.41, 5.74) is -1.29. The third kappa shape index (κ3) is 2.70. The molecule has 0 saturated carbocycles. The Hall–Kier alpha value is -1.10. The highest BCUT2D eigenvalue weighted by atomic mass is 35.5. The minimum Gasteiger partial charge on any atom is -0.444 e. The maximum absolute atomic E-state index is 12.2. The fourth-order valence-electron chi connectivity index (χ4n) is 0.855. The van der Waals surface area contributed by atoms with Crippen molar-refractivity contribution < 1.29 is 13.6 Å². The minimum atomic E-state index is -2.04. The predicted molar refractivity (Wildman–Crippen MR) is 48.6 cm³/mol. The molecule has 0 radical (unpaired) electrons. The number of aromatic nitrogens is 1. The zero-order valence-corrected chi connectivity index (χ0v) is 8.56. The van der Waals surface area contributed by atoms with Crippen LogP contribution in [-0.4, -0.2) is 16.5 Å². The highest BCUT2D eigenvalue weighted by Crippen LogP contribution is 2.08. The van der Waals surface area contributed by atoms with Crippen LogP contribution in [0.3, 0.4) is 0 Å². The quantitative estimate of drug-likeness (QED) is 0.785. The molecular weight excluding hydrogens is 211 g/mol. The second kappa shape index (κ2) is 4.41. The molecule has 0 aliphatic rings. The van der Waals surface area contributed by atoms with Crippen LogP contribution in [0.5, 0.6) is 0 Å². The third-order valence-electron chi connectivity index (χ3n) is 1.68. The molecule has 0 spiro atoms. The van der Waals surface area contributed by atoms with Crippen LogP contribution in [0.4, 0.5) is 4.39 Å². The average Bonchev–Trinajstić information content (AvgIpc) is 2.42. The van der Waals surface area contributed by atoms with Crippen LogP contribution in [0.15, 0.2) is 4.42 Å². The Morgan fingerprint density at radius 2 is 2.36 bits per heavy atom. The van der Waals surface area contributed by atoms with Crippen LogP contribution in [0.25, 0.3) is 0 Å². The van der Waals surface area contributed by atoms with E-state index in [0.29, 0.717) is 11.7 Å². The van der Waals surface area contributed by atoms with E-state index in [4.69, 9.17) is 16.0 Å². The van der Waals surface area contributed by atoms with Crippen LogP contribution in [0, 0.1) is 13.8 Å². The molecule has 1 aromatic heterocycles. The summed E-state index contributed by atoms with van der Waals surface area (Å²) in [6.07, 6.45) is 0. The molecule has 4 nitrogen and oxygen atoms in total. The van der Waals surface area contributed by atoms with Crippen molar-refractivity contribution in [2.24, 2.45) is 0 Å². The summed E-state index contributed by atoms with van der Waals surface area (Å²) in [6, 6.07) is 0. The molecule has 0 aliphatic heterocycles. The first-order valence-electron chi connectivity index (χ1n) is 3.99. The van der Waals surface area contributed by atoms with Crippen molar-refractivity contribution in [2.75, 3.05) is 0 Å². The number of nitrogens with one attached hydrogen (secondary N) is 1. The van der Waals surface area contributed by atoms with Crippen molar-refractivity contribution in [3.63, 3.8) is 0 Å². The van der Waals surface area contributed by atoms with Gasteiger partial charge in [0, 0.05) is 0 Å². The molecule has 14 heavy (non-hydrogen) atoms. The maximum Gasteiger partial charge on any atom is 0.270 e. The summed E-state index contributed by atoms with van der Waals surface area (Å²) in [5, 5.41) is 2.24. The smallest absolute Gasteiger partial charge is 0.270 e. The van der Waals surface area contributed by atoms with Gasteiger partial charge in [-0.25, -0.2) is 9.37 Å². The second-order valence-corrected chi connectivity index (χ2v) is 3.15. The Morgan fingerprint density at radius 1 is 1.71 bits per heavy atom. The second-order valence-electron chi connectivity index (χ2n) is 2.77. The molecule has 1 aromatic rings. The molecule has 78 valence electrons. The molecule has 1 N–H and O–H groups in total. The number of hydrogen-bond donors (Lipinski definition) is 1. The average molecular weight is 221 g/mol. The van der Waals surface area contributed by atoms with Gasteiger partial charge in [-0.3, -0.25) is 4.79 Å². The number of nitrogens with zero attached hydrogens (tertiary/aromatic N) is 1. The summed E-state index contributed by atoms with van der Waals surface area (Å²) in [6.45, 7) is 3.58. The Morgan fingerprint density at radius 3 is 2.79 bits per heavy atom. The number of hydrogen-bond acceptors (Lipinski definition) is 3. The first-order chi connectivity index (χ1) is 6.50. The van der Waals surface area contributed by atoms with E-state index in [1.807, 2.05) is 0 Å². The van der Waals surface area contributed by atoms with Gasteiger partial charge in [-0.05, 0) is 13.8 Å². The van der Waals surface area contributed by atoms with Crippen molar-refractivity contribution in [1.29, 1.82) is 0 Å². The van der Waals surface area contributed by atoms with Crippen LogP contribution in [-0.2, 0) is 11.3 Å². The third-order valence-corrected chi connectivity index (χ3v) is 1.88. The number of oxazole rings is 1. The number of amides is 1. The molecule has 6 heteroatoms. The molecule has 1 heterocycles. The molecule has 0 bridgehead atoms. The van der Waals surface area contributed by atoms with E-state index < -0.39 is 11.5 Å². The number of alkyl halides is 2. The number of aryl methyl sites for hydroxylation is 2. The standard InChI is InChI=1S/C8H10ClFN2O2/c1-4-5(2)14-6(12-4)3-11-8(13)7(9)10/h7H,3H2,1-2H3,(H,11,13). The number of halogens is 2. The Balaban J connectivity index is 2.50. The van der Waals surface area contributed by atoms with Gasteiger partial charge in [0.05, 0.1) is 12.2 Å². The number of carbonyl (C=O) groups is 1. The van der Waals surface area contributed by atoms with Crippen LogP contribution < -0.4 is 5.32 Å². The topological polar surface area (TPSA) is 55.1 Å². The van der Waals surface area contributed by atoms with Gasteiger partial charge in [-0.15, -0.1) is 0 Å². The Kier molecular flexibility index (Phi) is 3.46. The van der Waals surface area contributed by atoms with E-state index in [2.05, 4.69) is 10.3 Å². The molecule has 1 amide bonds. The zero-order valence-electron chi connectivity index (χ0n) is 7.80. The minimum absolute atomic E-state index is 0.0423. The van der Waals surface area contributed by atoms with Gasteiger partial charge in [0.15, 0.2) is 0 Å². The highest BCUT2D eigenvalue weighted by Gasteiger charge is 2.14. The normalized spacial score (nSPS) is 12.6. The van der Waals surface area contributed by atoms with Gasteiger partial charge in [-0.1, -0.05) is 11.6 Å². The number of carbonyl (C=O) groups excluding carboxylic acids is 1. The maximum atomic E-state index is 12.2. The molecule has 1 rings (SSSR count). The van der Waals surface area contributed by atoms with Crippen LogP contribution in [0.2, 0.25) is 0 Å². The lowest BCUT2D eigenvalue weighted by molar-refractivity contribution is -0.123. The molecule has 1 atom stereocenters. The first kappa shape index (κ1) is 11.0. The lowest BCUT2D eigenvalue weighted by Gasteiger charge is -2.00. The Bertz CT molecular complexity index is 319. The summed E-state index contributed by atoms with van der Waals surface area (Å²) >= 11 is 4.90. The monoisotopic (exact) mass is 220 g/mol. The Labute approximate surface area is 85.5 Å². The SMILES string of the molecule is Cc1nc(CNC(=O)C(F)Cl)oc1C. The predicted octanol–water partition coefficient (Wildman–Crippen LogP) is 1.44. The molecule has 0 fully saturated rings. The molecule has 0 aliphatic carbocycles. The fraction of sp³-hybridized carbons (Fsp3) is 0.500. The molecule has 1 unspecified atom stereocenters. The summed E-state index contributed by atoms with van der Waals surface area (Å²) in [4.78, 5) is 14.7. The van der Waals surface area contributed by atoms with Crippen molar-refractivity contribution in [1.82, 2.24) is 10.3 Å². The van der Waals surface area contributed by atoms with E-state index in [-0.39, 0.29) is 6.54 Å².